The molecule has 0 aliphatic carbocycles. The Labute approximate surface area is 138 Å². The Morgan fingerprint density at radius 3 is 2.30 bits per heavy atom. The lowest BCUT2D eigenvalue weighted by molar-refractivity contribution is -0.0769. The van der Waals surface area contributed by atoms with Gasteiger partial charge in [0.25, 0.3) is 0 Å². The predicted octanol–water partition coefficient (Wildman–Crippen LogP) is 4.64. The molecule has 0 radical (unpaired) electrons. The van der Waals surface area contributed by atoms with Crippen LogP contribution in [0.4, 0.5) is 5.69 Å². The van der Waals surface area contributed by atoms with E-state index in [2.05, 4.69) is 32.0 Å². The van der Waals surface area contributed by atoms with Gasteiger partial charge in [-0.1, -0.05) is 49.2 Å². The van der Waals surface area contributed by atoms with Crippen molar-refractivity contribution < 1.29 is 9.84 Å². The Kier molecular flexibility index (Phi) is 5.69. The summed E-state index contributed by atoms with van der Waals surface area (Å²) in [4.78, 5) is 4.72. The molecule has 1 aliphatic rings. The van der Waals surface area contributed by atoms with Crippen molar-refractivity contribution in [3.05, 3.63) is 64.2 Å². The highest BCUT2D eigenvalue weighted by molar-refractivity contribution is 6.06. The second-order valence-electron chi connectivity index (χ2n) is 5.59. The first-order chi connectivity index (χ1) is 11.1. The van der Waals surface area contributed by atoms with Crippen LogP contribution < -0.4 is 0 Å². The van der Waals surface area contributed by atoms with E-state index in [0.29, 0.717) is 0 Å². The zero-order valence-electron chi connectivity index (χ0n) is 14.6. The number of aliphatic hydroxyl groups is 1. The number of rotatable bonds is 3. The monoisotopic (exact) mass is 311 g/mol. The molecule has 2 aromatic carbocycles. The fourth-order valence-electron chi connectivity index (χ4n) is 2.82. The van der Waals surface area contributed by atoms with Gasteiger partial charge in [0.1, 0.15) is 0 Å². The lowest BCUT2D eigenvalue weighted by Crippen LogP contribution is -2.03. The molecule has 1 atom stereocenters. The molecule has 23 heavy (non-hydrogen) atoms. The van der Waals surface area contributed by atoms with E-state index in [1.807, 2.05) is 32.0 Å². The maximum atomic E-state index is 9.76. The summed E-state index contributed by atoms with van der Waals surface area (Å²) in [5.41, 5.74) is 7.65. The van der Waals surface area contributed by atoms with Crippen molar-refractivity contribution in [2.24, 2.45) is 4.99 Å². The summed E-state index contributed by atoms with van der Waals surface area (Å²) < 4.78 is 4.96. The summed E-state index contributed by atoms with van der Waals surface area (Å²) in [6, 6.07) is 12.3. The van der Waals surface area contributed by atoms with Crippen LogP contribution in [-0.4, -0.2) is 17.9 Å². The van der Waals surface area contributed by atoms with Crippen molar-refractivity contribution in [1.29, 1.82) is 0 Å². The number of hydrogen-bond acceptors (Lipinski definition) is 3. The van der Waals surface area contributed by atoms with E-state index in [-0.39, 0.29) is 0 Å². The van der Waals surface area contributed by atoms with Gasteiger partial charge in [0.2, 0.25) is 0 Å². The predicted molar refractivity (Wildman–Crippen MR) is 95.6 cm³/mol. The first-order valence-corrected chi connectivity index (χ1v) is 8.07. The molecule has 1 aliphatic heterocycles. The summed E-state index contributed by atoms with van der Waals surface area (Å²) in [7, 11) is 1.50. The summed E-state index contributed by atoms with van der Waals surface area (Å²) in [5.74, 6) is 0. The molecule has 0 bridgehead atoms. The molecular weight excluding hydrogens is 286 g/mol. The number of benzene rings is 2. The van der Waals surface area contributed by atoms with Gasteiger partial charge in [-0.15, -0.1) is 0 Å². The third kappa shape index (κ3) is 3.87. The minimum atomic E-state index is -0.874. The average molecular weight is 311 g/mol. The Morgan fingerprint density at radius 2 is 1.70 bits per heavy atom. The summed E-state index contributed by atoms with van der Waals surface area (Å²) in [5, 5.41) is 9.76. The maximum Gasteiger partial charge on any atom is 0.180 e. The minimum absolute atomic E-state index is 0.771. The smallest absolute Gasteiger partial charge is 0.180 e. The van der Waals surface area contributed by atoms with E-state index in [0.717, 1.165) is 28.9 Å². The van der Waals surface area contributed by atoms with Crippen molar-refractivity contribution in [3.63, 3.8) is 0 Å². The molecule has 1 unspecified atom stereocenters. The normalized spacial score (nSPS) is 13.7. The molecule has 0 spiro atoms. The molecule has 3 rings (SSSR count). The SMILES string of the molecule is CC.COC(O)c1ccc2c(c1)CC(c1cc(C)cc(C)c1)=N2. The number of aryl methyl sites for hydroxylation is 2. The Hall–Kier alpha value is -1.97. The zero-order valence-corrected chi connectivity index (χ0v) is 14.6. The van der Waals surface area contributed by atoms with Crippen LogP contribution in [0.2, 0.25) is 0 Å². The minimum Gasteiger partial charge on any atom is -0.364 e. The highest BCUT2D eigenvalue weighted by atomic mass is 16.6. The number of methoxy groups -OCH3 is 1. The Morgan fingerprint density at radius 1 is 1.04 bits per heavy atom. The first-order valence-electron chi connectivity index (χ1n) is 8.07. The van der Waals surface area contributed by atoms with Gasteiger partial charge in [-0.3, -0.25) is 4.99 Å². The number of ether oxygens (including phenoxy) is 1. The molecular formula is C20H25NO2. The largest absolute Gasteiger partial charge is 0.364 e. The molecule has 0 fully saturated rings. The van der Waals surface area contributed by atoms with E-state index in [1.54, 1.807) is 0 Å². The van der Waals surface area contributed by atoms with Crippen LogP contribution in [0, 0.1) is 13.8 Å². The van der Waals surface area contributed by atoms with Crippen LogP contribution in [0.3, 0.4) is 0 Å². The zero-order chi connectivity index (χ0) is 17.0. The summed E-state index contributed by atoms with van der Waals surface area (Å²) >= 11 is 0. The fraction of sp³-hybridized carbons (Fsp3) is 0.350. The molecule has 1 heterocycles. The Bertz CT molecular complexity index is 699. The van der Waals surface area contributed by atoms with E-state index in [4.69, 9.17) is 9.73 Å². The molecule has 3 heteroatoms. The van der Waals surface area contributed by atoms with Gasteiger partial charge >= 0.3 is 0 Å². The van der Waals surface area contributed by atoms with Gasteiger partial charge in [0.05, 0.1) is 11.4 Å². The number of nitrogens with zero attached hydrogens (tertiary/aromatic N) is 1. The molecule has 3 nitrogen and oxygen atoms in total. The summed E-state index contributed by atoms with van der Waals surface area (Å²) in [6.45, 7) is 8.21. The van der Waals surface area contributed by atoms with Crippen LogP contribution in [-0.2, 0) is 11.2 Å². The molecule has 2 aromatic rings. The van der Waals surface area contributed by atoms with Crippen molar-refractivity contribution in [3.8, 4) is 0 Å². The number of fused-ring (bicyclic) bond motifs is 1. The number of aliphatic hydroxyl groups excluding tert-OH is 1. The third-order valence-electron chi connectivity index (χ3n) is 3.78. The van der Waals surface area contributed by atoms with Crippen LogP contribution in [0.1, 0.15) is 48.0 Å². The second kappa shape index (κ2) is 7.53. The van der Waals surface area contributed by atoms with Gasteiger partial charge in [0.15, 0.2) is 6.29 Å². The Balaban J connectivity index is 0.000000924. The van der Waals surface area contributed by atoms with Gasteiger partial charge in [-0.25, -0.2) is 0 Å². The highest BCUT2D eigenvalue weighted by Gasteiger charge is 2.18. The number of aliphatic imine (C=N–C) groups is 1. The van der Waals surface area contributed by atoms with E-state index in [1.165, 1.54) is 23.8 Å². The second-order valence-corrected chi connectivity index (χ2v) is 5.59. The van der Waals surface area contributed by atoms with Crippen LogP contribution >= 0.6 is 0 Å². The topological polar surface area (TPSA) is 41.8 Å². The van der Waals surface area contributed by atoms with E-state index in [9.17, 15) is 5.11 Å². The molecule has 0 aromatic heterocycles. The van der Waals surface area contributed by atoms with Crippen molar-refractivity contribution in [1.82, 2.24) is 0 Å². The van der Waals surface area contributed by atoms with Crippen molar-refractivity contribution in [2.75, 3.05) is 7.11 Å². The van der Waals surface area contributed by atoms with Crippen LogP contribution in [0.5, 0.6) is 0 Å². The molecule has 0 amide bonds. The first kappa shape index (κ1) is 17.4. The quantitative estimate of drug-likeness (QED) is 0.839. The van der Waals surface area contributed by atoms with E-state index >= 15 is 0 Å². The lowest BCUT2D eigenvalue weighted by atomic mass is 9.99. The highest BCUT2D eigenvalue weighted by Crippen LogP contribution is 2.31. The summed E-state index contributed by atoms with van der Waals surface area (Å²) in [6.07, 6.45) is -0.0803. The molecule has 1 N–H and O–H groups in total. The fourth-order valence-corrected chi connectivity index (χ4v) is 2.82. The van der Waals surface area contributed by atoms with E-state index < -0.39 is 6.29 Å². The van der Waals surface area contributed by atoms with Crippen molar-refractivity contribution in [2.45, 2.75) is 40.4 Å². The molecule has 122 valence electrons. The third-order valence-corrected chi connectivity index (χ3v) is 3.78. The van der Waals surface area contributed by atoms with Gasteiger partial charge in [-0.2, -0.15) is 0 Å². The van der Waals surface area contributed by atoms with Gasteiger partial charge in [-0.05, 0) is 37.1 Å². The molecule has 0 saturated heterocycles. The molecule has 0 saturated carbocycles. The van der Waals surface area contributed by atoms with Gasteiger partial charge < -0.3 is 9.84 Å². The number of hydrogen-bond donors (Lipinski definition) is 1. The van der Waals surface area contributed by atoms with Crippen LogP contribution in [0.25, 0.3) is 0 Å². The van der Waals surface area contributed by atoms with Crippen LogP contribution in [0.15, 0.2) is 41.4 Å². The van der Waals surface area contributed by atoms with Gasteiger partial charge in [0, 0.05) is 19.1 Å². The average Bonchev–Trinajstić information content (AvgIpc) is 2.98. The lowest BCUT2D eigenvalue weighted by Gasteiger charge is -2.09. The maximum absolute atomic E-state index is 9.76. The standard InChI is InChI=1S/C18H19NO2.C2H6/c1-11-6-12(2)8-14(7-11)17-10-15-9-13(18(20)21-3)4-5-16(15)19-17;1-2/h4-9,18,20H,10H2,1-3H3;1-2H3. The van der Waals surface area contributed by atoms with Crippen molar-refractivity contribution >= 4 is 11.4 Å².